The van der Waals surface area contributed by atoms with Crippen molar-refractivity contribution in [1.29, 1.82) is 0 Å². The van der Waals surface area contributed by atoms with Crippen LogP contribution in [0.15, 0.2) is 81.7 Å². The first kappa shape index (κ1) is 28.0. The molecule has 5 rings (SSSR count). The lowest BCUT2D eigenvalue weighted by atomic mass is 9.90. The van der Waals surface area contributed by atoms with Crippen molar-refractivity contribution in [3.05, 3.63) is 103 Å². The van der Waals surface area contributed by atoms with Crippen LogP contribution in [0.2, 0.25) is 0 Å². The van der Waals surface area contributed by atoms with Crippen molar-refractivity contribution in [2.75, 3.05) is 13.7 Å². The Labute approximate surface area is 240 Å². The molecule has 3 aromatic carbocycles. The number of ether oxygens (including phenoxy) is 3. The second kappa shape index (κ2) is 11.9. The fourth-order valence-corrected chi connectivity index (χ4v) is 6.10. The maximum absolute atomic E-state index is 14.1. The van der Waals surface area contributed by atoms with Crippen molar-refractivity contribution in [2.45, 2.75) is 39.7 Å². The summed E-state index contributed by atoms with van der Waals surface area (Å²) in [5.74, 6) is 0.0663. The predicted molar refractivity (Wildman–Crippen MR) is 158 cm³/mol. The first-order chi connectivity index (χ1) is 19.9. The largest absolute Gasteiger partial charge is 0.496 e. The summed E-state index contributed by atoms with van der Waals surface area (Å²) in [4.78, 5) is 44.3. The number of carbonyl (C=O) groups is 2. The second-order valence-corrected chi connectivity index (χ2v) is 10.5. The molecule has 8 nitrogen and oxygen atoms in total. The molecule has 0 N–H and O–H groups in total. The first-order valence-electron chi connectivity index (χ1n) is 13.4. The standard InChI is InChI=1S/C32H30N2O6S/c1-5-9-24-28(31(37)39-6-2)29(27-23-11-8-7-10-21(23)14-17-25(27)38-4)34-30(36)26(41-32(34)33-24)18-20-12-15-22(16-13-20)40-19(3)35/h7-8,10-18,29H,5-6,9H2,1-4H3/t29-/m1/s1. The van der Waals surface area contributed by atoms with Crippen LogP contribution < -0.4 is 24.4 Å². The smallest absolute Gasteiger partial charge is 0.338 e. The Morgan fingerprint density at radius 3 is 2.49 bits per heavy atom. The fraction of sp³-hybridized carbons (Fsp3) is 0.250. The van der Waals surface area contributed by atoms with E-state index in [0.717, 1.165) is 22.8 Å². The minimum absolute atomic E-state index is 0.189. The van der Waals surface area contributed by atoms with Gasteiger partial charge in [0.15, 0.2) is 4.80 Å². The molecule has 0 saturated carbocycles. The summed E-state index contributed by atoms with van der Waals surface area (Å²) >= 11 is 1.26. The van der Waals surface area contributed by atoms with E-state index in [-0.39, 0.29) is 12.2 Å². The van der Waals surface area contributed by atoms with Crippen molar-refractivity contribution < 1.29 is 23.8 Å². The van der Waals surface area contributed by atoms with Crippen molar-refractivity contribution in [3.63, 3.8) is 0 Å². The molecule has 2 heterocycles. The number of methoxy groups -OCH3 is 1. The van der Waals surface area contributed by atoms with Gasteiger partial charge in [-0.15, -0.1) is 0 Å². The molecule has 1 aliphatic rings. The van der Waals surface area contributed by atoms with Gasteiger partial charge in [0.1, 0.15) is 17.5 Å². The number of nitrogens with zero attached hydrogens (tertiary/aromatic N) is 2. The summed E-state index contributed by atoms with van der Waals surface area (Å²) in [6.45, 7) is 5.31. The van der Waals surface area contributed by atoms with E-state index in [2.05, 4.69) is 0 Å². The Bertz CT molecular complexity index is 1850. The van der Waals surface area contributed by atoms with Crippen LogP contribution >= 0.6 is 11.3 Å². The lowest BCUT2D eigenvalue weighted by Gasteiger charge is -2.28. The van der Waals surface area contributed by atoms with E-state index in [9.17, 15) is 14.4 Å². The highest BCUT2D eigenvalue weighted by molar-refractivity contribution is 7.07. The van der Waals surface area contributed by atoms with Gasteiger partial charge in [-0.3, -0.25) is 14.2 Å². The lowest BCUT2D eigenvalue weighted by molar-refractivity contribution is -0.139. The Morgan fingerprint density at radius 1 is 1.05 bits per heavy atom. The van der Waals surface area contributed by atoms with Crippen LogP contribution in [0.5, 0.6) is 11.5 Å². The molecule has 9 heteroatoms. The molecule has 4 aromatic rings. The molecule has 0 spiro atoms. The van der Waals surface area contributed by atoms with Crippen molar-refractivity contribution in [2.24, 2.45) is 4.99 Å². The van der Waals surface area contributed by atoms with E-state index in [1.165, 1.54) is 18.3 Å². The normalized spacial score (nSPS) is 14.9. The molecule has 0 saturated heterocycles. The van der Waals surface area contributed by atoms with Crippen LogP contribution in [0, 0.1) is 0 Å². The Balaban J connectivity index is 1.80. The van der Waals surface area contributed by atoms with Gasteiger partial charge in [0, 0.05) is 12.5 Å². The number of esters is 2. The van der Waals surface area contributed by atoms with E-state index < -0.39 is 18.0 Å². The predicted octanol–water partition coefficient (Wildman–Crippen LogP) is 4.67. The van der Waals surface area contributed by atoms with E-state index >= 15 is 0 Å². The highest BCUT2D eigenvalue weighted by Crippen LogP contribution is 2.41. The molecule has 41 heavy (non-hydrogen) atoms. The highest BCUT2D eigenvalue weighted by atomic mass is 32.1. The zero-order valence-corrected chi connectivity index (χ0v) is 24.1. The van der Waals surface area contributed by atoms with Gasteiger partial charge in [0.2, 0.25) is 0 Å². The molecule has 1 atom stereocenters. The number of carbonyl (C=O) groups excluding carboxylic acids is 2. The molecule has 0 unspecified atom stereocenters. The zero-order valence-electron chi connectivity index (χ0n) is 23.3. The van der Waals surface area contributed by atoms with Gasteiger partial charge in [-0.2, -0.15) is 0 Å². The van der Waals surface area contributed by atoms with Gasteiger partial charge < -0.3 is 14.2 Å². The van der Waals surface area contributed by atoms with Gasteiger partial charge in [-0.05, 0) is 54.0 Å². The van der Waals surface area contributed by atoms with Crippen molar-refractivity contribution in [3.8, 4) is 11.5 Å². The number of hydrogen-bond acceptors (Lipinski definition) is 8. The Kier molecular flexibility index (Phi) is 8.16. The van der Waals surface area contributed by atoms with E-state index in [1.807, 2.05) is 43.3 Å². The number of rotatable bonds is 8. The SMILES string of the molecule is CCCC1=C(C(=O)OCC)[C@@H](c2c(OC)ccc3ccccc23)n2c(sc(=Cc3ccc(OC(C)=O)cc3)c2=O)=N1. The van der Waals surface area contributed by atoms with Crippen LogP contribution in [-0.4, -0.2) is 30.2 Å². The van der Waals surface area contributed by atoms with Gasteiger partial charge in [-0.25, -0.2) is 9.79 Å². The molecule has 0 amide bonds. The third kappa shape index (κ3) is 5.45. The summed E-state index contributed by atoms with van der Waals surface area (Å²) in [6, 6.07) is 17.7. The summed E-state index contributed by atoms with van der Waals surface area (Å²) in [5, 5.41) is 1.82. The third-order valence-corrected chi connectivity index (χ3v) is 7.74. The number of benzene rings is 3. The minimum Gasteiger partial charge on any atom is -0.496 e. The second-order valence-electron chi connectivity index (χ2n) is 9.48. The number of allylic oxidation sites excluding steroid dienone is 1. The maximum atomic E-state index is 14.1. The zero-order chi connectivity index (χ0) is 29.1. The van der Waals surface area contributed by atoms with Crippen LogP contribution in [0.3, 0.4) is 0 Å². The summed E-state index contributed by atoms with van der Waals surface area (Å²) in [7, 11) is 1.58. The fourth-order valence-electron chi connectivity index (χ4n) is 5.08. The molecule has 1 aromatic heterocycles. The molecule has 210 valence electrons. The van der Waals surface area contributed by atoms with E-state index in [0.29, 0.717) is 44.1 Å². The van der Waals surface area contributed by atoms with E-state index in [1.54, 1.807) is 48.9 Å². The maximum Gasteiger partial charge on any atom is 0.338 e. The number of aromatic nitrogens is 1. The summed E-state index contributed by atoms with van der Waals surface area (Å²) in [5.41, 5.74) is 2.12. The van der Waals surface area contributed by atoms with Gasteiger partial charge >= 0.3 is 11.9 Å². The molecular formula is C32H30N2O6S. The monoisotopic (exact) mass is 570 g/mol. The van der Waals surface area contributed by atoms with Crippen molar-refractivity contribution >= 4 is 40.1 Å². The van der Waals surface area contributed by atoms with E-state index in [4.69, 9.17) is 19.2 Å². The molecule has 0 fully saturated rings. The molecule has 0 radical (unpaired) electrons. The average Bonchev–Trinajstić information content (AvgIpc) is 3.27. The first-order valence-corrected chi connectivity index (χ1v) is 14.2. The summed E-state index contributed by atoms with van der Waals surface area (Å²) in [6.07, 6.45) is 3.07. The topological polar surface area (TPSA) is 96.2 Å². The van der Waals surface area contributed by atoms with Crippen LogP contribution in [0.4, 0.5) is 0 Å². The number of fused-ring (bicyclic) bond motifs is 2. The van der Waals surface area contributed by atoms with Crippen molar-refractivity contribution in [1.82, 2.24) is 4.57 Å². The molecular weight excluding hydrogens is 540 g/mol. The molecule has 0 bridgehead atoms. The number of thiazole rings is 1. The molecule has 1 aliphatic heterocycles. The van der Waals surface area contributed by atoms with Crippen LogP contribution in [0.1, 0.15) is 50.8 Å². The quantitative estimate of drug-likeness (QED) is 0.226. The van der Waals surface area contributed by atoms with Crippen LogP contribution in [0.25, 0.3) is 16.8 Å². The highest BCUT2D eigenvalue weighted by Gasteiger charge is 2.37. The van der Waals surface area contributed by atoms with Gasteiger partial charge in [-0.1, -0.05) is 67.1 Å². The van der Waals surface area contributed by atoms with Crippen LogP contribution in [-0.2, 0) is 14.3 Å². The minimum atomic E-state index is -0.804. The summed E-state index contributed by atoms with van der Waals surface area (Å²) < 4.78 is 18.5. The Morgan fingerprint density at radius 2 is 1.80 bits per heavy atom. The van der Waals surface area contributed by atoms with Gasteiger partial charge in [0.05, 0.1) is 29.5 Å². The van der Waals surface area contributed by atoms with Gasteiger partial charge in [0.25, 0.3) is 5.56 Å². The molecule has 0 aliphatic carbocycles. The third-order valence-electron chi connectivity index (χ3n) is 6.76. The lowest BCUT2D eigenvalue weighted by Crippen LogP contribution is -2.40. The number of hydrogen-bond donors (Lipinski definition) is 0. The average molecular weight is 571 g/mol. The Hall–Kier alpha value is -4.50.